The first kappa shape index (κ1) is 33.8. The summed E-state index contributed by atoms with van der Waals surface area (Å²) in [7, 11) is 5.41. The molecule has 0 atom stereocenters. The maximum absolute atomic E-state index is 11.8. The molecular formula is C26H48N2O8. The van der Waals surface area contributed by atoms with Crippen molar-refractivity contribution in [2.75, 3.05) is 54.6 Å². The van der Waals surface area contributed by atoms with Crippen molar-refractivity contribution < 1.29 is 38.1 Å². The molecule has 0 aliphatic heterocycles. The highest BCUT2D eigenvalue weighted by atomic mass is 16.5. The van der Waals surface area contributed by atoms with E-state index >= 15 is 0 Å². The van der Waals surface area contributed by atoms with Gasteiger partial charge in [-0.15, -0.1) is 0 Å². The van der Waals surface area contributed by atoms with Crippen molar-refractivity contribution in [3.63, 3.8) is 0 Å². The minimum atomic E-state index is -0.330. The van der Waals surface area contributed by atoms with Gasteiger partial charge in [-0.25, -0.2) is 0 Å². The smallest absolute Gasteiger partial charge is 0.307 e. The highest BCUT2D eigenvalue weighted by Crippen LogP contribution is 2.16. The Labute approximate surface area is 216 Å². The Balaban J connectivity index is 4.46. The van der Waals surface area contributed by atoms with Crippen LogP contribution in [0.5, 0.6) is 0 Å². The number of hydrogen-bond donors (Lipinski definition) is 0. The fourth-order valence-electron chi connectivity index (χ4n) is 4.30. The Hall–Kier alpha value is -2.20. The second-order valence-electron chi connectivity index (χ2n) is 8.81. The standard InChI is InChI=1S/C26H48N2O8/c1-7-27(21(17-23(29)33-3)18-24(30)34-4)15-13-11-9-10-12-14-16-28(8-2)22(19-25(31)35-5)20-26(32)36-6/h21-22H,7-20H2,1-6H3. The molecule has 0 radical (unpaired) electrons. The Kier molecular flexibility index (Phi) is 19.7. The maximum atomic E-state index is 11.8. The molecule has 0 aromatic rings. The maximum Gasteiger partial charge on any atom is 0.307 e. The minimum Gasteiger partial charge on any atom is -0.469 e. The molecule has 10 heteroatoms. The Morgan fingerprint density at radius 2 is 0.750 bits per heavy atom. The molecule has 0 unspecified atom stereocenters. The predicted molar refractivity (Wildman–Crippen MR) is 136 cm³/mol. The van der Waals surface area contributed by atoms with Crippen molar-refractivity contribution in [3.05, 3.63) is 0 Å². The molecule has 0 amide bonds. The number of methoxy groups -OCH3 is 4. The molecule has 0 fully saturated rings. The highest BCUT2D eigenvalue weighted by Gasteiger charge is 2.25. The van der Waals surface area contributed by atoms with Gasteiger partial charge in [0.1, 0.15) is 0 Å². The molecule has 10 nitrogen and oxygen atoms in total. The fraction of sp³-hybridized carbons (Fsp3) is 0.846. The lowest BCUT2D eigenvalue weighted by Crippen LogP contribution is -2.39. The fourth-order valence-corrected chi connectivity index (χ4v) is 4.30. The van der Waals surface area contributed by atoms with Crippen LogP contribution in [-0.4, -0.2) is 100 Å². The van der Waals surface area contributed by atoms with Crippen LogP contribution in [0.1, 0.15) is 78.1 Å². The van der Waals surface area contributed by atoms with Crippen LogP contribution in [0.4, 0.5) is 0 Å². The van der Waals surface area contributed by atoms with Crippen molar-refractivity contribution in [1.82, 2.24) is 9.80 Å². The lowest BCUT2D eigenvalue weighted by Gasteiger charge is -2.29. The van der Waals surface area contributed by atoms with E-state index in [2.05, 4.69) is 9.80 Å². The highest BCUT2D eigenvalue weighted by molar-refractivity contribution is 5.74. The Bertz CT molecular complexity index is 553. The number of unbranched alkanes of at least 4 members (excludes halogenated alkanes) is 5. The topological polar surface area (TPSA) is 112 Å². The van der Waals surface area contributed by atoms with Crippen LogP contribution in [0.3, 0.4) is 0 Å². The van der Waals surface area contributed by atoms with Gasteiger partial charge in [0.2, 0.25) is 0 Å². The van der Waals surface area contributed by atoms with Crippen molar-refractivity contribution >= 4 is 23.9 Å². The number of esters is 4. The van der Waals surface area contributed by atoms with E-state index in [0.717, 1.165) is 64.7 Å². The molecule has 210 valence electrons. The summed E-state index contributed by atoms with van der Waals surface area (Å²) in [5.41, 5.74) is 0. The summed E-state index contributed by atoms with van der Waals surface area (Å²) in [5.74, 6) is -1.32. The summed E-state index contributed by atoms with van der Waals surface area (Å²) in [6.07, 6.45) is 6.94. The molecule has 0 heterocycles. The summed E-state index contributed by atoms with van der Waals surface area (Å²) in [5, 5.41) is 0. The molecule has 0 aliphatic rings. The van der Waals surface area contributed by atoms with Gasteiger partial charge in [0.05, 0.1) is 54.1 Å². The van der Waals surface area contributed by atoms with E-state index < -0.39 is 0 Å². The van der Waals surface area contributed by atoms with Crippen LogP contribution < -0.4 is 0 Å². The zero-order valence-corrected chi connectivity index (χ0v) is 23.2. The van der Waals surface area contributed by atoms with Crippen molar-refractivity contribution in [3.8, 4) is 0 Å². The van der Waals surface area contributed by atoms with Gasteiger partial charge < -0.3 is 18.9 Å². The van der Waals surface area contributed by atoms with E-state index in [0.29, 0.717) is 0 Å². The summed E-state index contributed by atoms with van der Waals surface area (Å²) in [6, 6.07) is -0.448. The first-order chi connectivity index (χ1) is 17.3. The number of rotatable bonds is 21. The summed E-state index contributed by atoms with van der Waals surface area (Å²) in [4.78, 5) is 51.4. The van der Waals surface area contributed by atoms with Gasteiger partial charge in [-0.3, -0.25) is 29.0 Å². The molecule has 0 saturated carbocycles. The second kappa shape index (κ2) is 20.9. The third-order valence-corrected chi connectivity index (χ3v) is 6.51. The van der Waals surface area contributed by atoms with Crippen LogP contribution in [0.2, 0.25) is 0 Å². The molecule has 0 rings (SSSR count). The zero-order chi connectivity index (χ0) is 27.3. The normalized spacial score (nSPS) is 11.3. The van der Waals surface area contributed by atoms with E-state index in [-0.39, 0.29) is 61.6 Å². The number of nitrogens with zero attached hydrogens (tertiary/aromatic N) is 2. The Morgan fingerprint density at radius 3 is 0.972 bits per heavy atom. The lowest BCUT2D eigenvalue weighted by atomic mass is 10.1. The molecule has 0 saturated heterocycles. The molecule has 0 aromatic carbocycles. The molecular weight excluding hydrogens is 468 g/mol. The van der Waals surface area contributed by atoms with Gasteiger partial charge in [-0.1, -0.05) is 39.5 Å². The van der Waals surface area contributed by atoms with Gasteiger partial charge in [0, 0.05) is 12.1 Å². The second-order valence-corrected chi connectivity index (χ2v) is 8.81. The Morgan fingerprint density at radius 1 is 0.500 bits per heavy atom. The first-order valence-electron chi connectivity index (χ1n) is 13.0. The molecule has 0 aliphatic carbocycles. The van der Waals surface area contributed by atoms with E-state index in [9.17, 15) is 19.2 Å². The lowest BCUT2D eigenvalue weighted by molar-refractivity contribution is -0.146. The van der Waals surface area contributed by atoms with Crippen molar-refractivity contribution in [2.24, 2.45) is 0 Å². The zero-order valence-electron chi connectivity index (χ0n) is 23.2. The van der Waals surface area contributed by atoms with Gasteiger partial charge >= 0.3 is 23.9 Å². The molecule has 0 spiro atoms. The monoisotopic (exact) mass is 516 g/mol. The van der Waals surface area contributed by atoms with Crippen LogP contribution >= 0.6 is 0 Å². The van der Waals surface area contributed by atoms with E-state index in [4.69, 9.17) is 18.9 Å². The van der Waals surface area contributed by atoms with E-state index in [1.54, 1.807) is 0 Å². The van der Waals surface area contributed by atoms with Crippen LogP contribution in [0.15, 0.2) is 0 Å². The largest absolute Gasteiger partial charge is 0.469 e. The summed E-state index contributed by atoms with van der Waals surface area (Å²) >= 11 is 0. The first-order valence-corrected chi connectivity index (χ1v) is 13.0. The molecule has 36 heavy (non-hydrogen) atoms. The number of carbonyl (C=O) groups is 4. The average molecular weight is 517 g/mol. The molecule has 0 aromatic heterocycles. The van der Waals surface area contributed by atoms with Gasteiger partial charge in [-0.2, -0.15) is 0 Å². The van der Waals surface area contributed by atoms with Gasteiger partial charge in [0.15, 0.2) is 0 Å². The molecule has 0 N–H and O–H groups in total. The van der Waals surface area contributed by atoms with Crippen molar-refractivity contribution in [2.45, 2.75) is 90.1 Å². The van der Waals surface area contributed by atoms with Gasteiger partial charge in [-0.05, 0) is 39.0 Å². The van der Waals surface area contributed by atoms with E-state index in [1.165, 1.54) is 28.4 Å². The average Bonchev–Trinajstić information content (AvgIpc) is 2.88. The molecule has 0 bridgehead atoms. The SMILES string of the molecule is CCN(CCCCCCCCN(CC)C(CC(=O)OC)CC(=O)OC)C(CC(=O)OC)CC(=O)OC. The number of ether oxygens (including phenoxy) is 4. The van der Waals surface area contributed by atoms with E-state index in [1.807, 2.05) is 13.8 Å². The third kappa shape index (κ3) is 15.0. The van der Waals surface area contributed by atoms with Gasteiger partial charge in [0.25, 0.3) is 0 Å². The van der Waals surface area contributed by atoms with Crippen LogP contribution in [-0.2, 0) is 38.1 Å². The predicted octanol–water partition coefficient (Wildman–Crippen LogP) is 2.96. The van der Waals surface area contributed by atoms with Crippen LogP contribution in [0, 0.1) is 0 Å². The minimum absolute atomic E-state index is 0.167. The quantitative estimate of drug-likeness (QED) is 0.128. The number of hydrogen-bond acceptors (Lipinski definition) is 10. The van der Waals surface area contributed by atoms with Crippen molar-refractivity contribution in [1.29, 1.82) is 0 Å². The summed E-state index contributed by atoms with van der Waals surface area (Å²) in [6.45, 7) is 7.14. The third-order valence-electron chi connectivity index (χ3n) is 6.51. The summed E-state index contributed by atoms with van der Waals surface area (Å²) < 4.78 is 19.2. The van der Waals surface area contributed by atoms with Crippen LogP contribution in [0.25, 0.3) is 0 Å². The number of carbonyl (C=O) groups excluding carboxylic acids is 4.